The Morgan fingerprint density at radius 2 is 1.59 bits per heavy atom. The number of rotatable bonds is 15. The van der Waals surface area contributed by atoms with Gasteiger partial charge in [-0.2, -0.15) is 0 Å². The quantitative estimate of drug-likeness (QED) is 0.408. The number of esters is 1. The van der Waals surface area contributed by atoms with Crippen LogP contribution < -0.4 is 5.32 Å². The fraction of sp³-hybridized carbons (Fsp3) is 0.609. The van der Waals surface area contributed by atoms with Crippen molar-refractivity contribution in [2.24, 2.45) is 0 Å². The maximum Gasteiger partial charge on any atom is 0.308 e. The van der Waals surface area contributed by atoms with E-state index in [-0.39, 0.29) is 50.1 Å². The van der Waals surface area contributed by atoms with Crippen molar-refractivity contribution in [2.45, 2.75) is 52.9 Å². The molecule has 0 aliphatic rings. The second kappa shape index (κ2) is 15.8. The van der Waals surface area contributed by atoms with Crippen molar-refractivity contribution >= 4 is 23.7 Å². The Hall–Kier alpha value is -2.97. The van der Waals surface area contributed by atoms with E-state index in [1.807, 2.05) is 32.9 Å². The number of nitrogens with one attached hydrogen (secondary N) is 1. The molecule has 0 saturated carbocycles. The molecule has 0 saturated heterocycles. The molecule has 32 heavy (non-hydrogen) atoms. The molecule has 9 heteroatoms. The van der Waals surface area contributed by atoms with Gasteiger partial charge < -0.3 is 19.9 Å². The van der Waals surface area contributed by atoms with E-state index in [1.54, 1.807) is 22.2 Å². The predicted molar refractivity (Wildman–Crippen MR) is 121 cm³/mol. The molecule has 1 N–H and O–H groups in total. The molecule has 0 aromatic carbocycles. The number of aromatic nitrogens is 1. The summed E-state index contributed by atoms with van der Waals surface area (Å²) in [6, 6.07) is 3.85. The second-order valence-electron chi connectivity index (χ2n) is 7.31. The normalized spacial score (nSPS) is 10.3. The summed E-state index contributed by atoms with van der Waals surface area (Å²) >= 11 is 0. The molecular weight excluding hydrogens is 412 g/mol. The van der Waals surface area contributed by atoms with Gasteiger partial charge in [-0.1, -0.05) is 6.92 Å². The monoisotopic (exact) mass is 448 g/mol. The minimum absolute atomic E-state index is 0.0287. The van der Waals surface area contributed by atoms with E-state index in [4.69, 9.17) is 4.74 Å². The number of hydrogen-bond acceptors (Lipinski definition) is 6. The summed E-state index contributed by atoms with van der Waals surface area (Å²) in [5, 5.41) is 2.62. The molecule has 0 radical (unpaired) electrons. The fourth-order valence-electron chi connectivity index (χ4n) is 3.10. The molecule has 1 aromatic rings. The number of hydrogen-bond donors (Lipinski definition) is 1. The number of nitrogens with zero attached hydrogens (tertiary/aromatic N) is 3. The van der Waals surface area contributed by atoms with Gasteiger partial charge in [0.15, 0.2) is 6.61 Å². The van der Waals surface area contributed by atoms with Gasteiger partial charge in [0, 0.05) is 58.0 Å². The Morgan fingerprint density at radius 3 is 2.22 bits per heavy atom. The Bertz CT molecular complexity index is 722. The van der Waals surface area contributed by atoms with E-state index >= 15 is 0 Å². The van der Waals surface area contributed by atoms with Crippen LogP contribution in [0.1, 0.15) is 52.0 Å². The average molecular weight is 449 g/mol. The maximum atomic E-state index is 12.5. The van der Waals surface area contributed by atoms with Crippen LogP contribution in [0.3, 0.4) is 0 Å². The lowest BCUT2D eigenvalue weighted by Crippen LogP contribution is -2.35. The van der Waals surface area contributed by atoms with Crippen molar-refractivity contribution < 1.29 is 23.9 Å². The third-order valence-electron chi connectivity index (χ3n) is 4.96. The lowest BCUT2D eigenvalue weighted by atomic mass is 10.1. The summed E-state index contributed by atoms with van der Waals surface area (Å²) in [5.74, 6) is -1.15. The number of pyridine rings is 1. The first-order chi connectivity index (χ1) is 15.4. The zero-order valence-electron chi connectivity index (χ0n) is 19.5. The Morgan fingerprint density at radius 1 is 0.906 bits per heavy atom. The van der Waals surface area contributed by atoms with Crippen LogP contribution in [0, 0.1) is 0 Å². The zero-order valence-corrected chi connectivity index (χ0v) is 19.5. The largest absolute Gasteiger partial charge is 0.456 e. The highest BCUT2D eigenvalue weighted by atomic mass is 16.5. The third kappa shape index (κ3) is 10.9. The van der Waals surface area contributed by atoms with E-state index in [0.29, 0.717) is 26.2 Å². The Balaban J connectivity index is 2.27. The average Bonchev–Trinajstić information content (AvgIpc) is 2.80. The summed E-state index contributed by atoms with van der Waals surface area (Å²) in [5.41, 5.74) is 1.11. The molecule has 0 unspecified atom stereocenters. The minimum Gasteiger partial charge on any atom is -0.456 e. The summed E-state index contributed by atoms with van der Waals surface area (Å²) in [7, 11) is 0. The Labute approximate surface area is 190 Å². The SMILES string of the molecule is CCCN(CCc1ccncc1)C(=O)CCC(=O)NCCC(=O)OCC(=O)N(CC)CC. The molecule has 3 amide bonds. The van der Waals surface area contributed by atoms with Crippen LogP contribution in [0.25, 0.3) is 0 Å². The van der Waals surface area contributed by atoms with Crippen LogP contribution in [-0.4, -0.2) is 77.8 Å². The van der Waals surface area contributed by atoms with Crippen LogP contribution >= 0.6 is 0 Å². The molecule has 9 nitrogen and oxygen atoms in total. The zero-order chi connectivity index (χ0) is 23.8. The molecule has 1 heterocycles. The smallest absolute Gasteiger partial charge is 0.308 e. The first kappa shape index (κ1) is 27.1. The molecule has 0 bridgehead atoms. The standard InChI is InChI=1S/C23H36N4O5/c1-4-16-27(17-12-19-9-13-24-14-10-19)21(29)8-7-20(28)25-15-11-23(31)32-18-22(30)26(5-2)6-3/h9-10,13-14H,4-8,11-12,15-18H2,1-3H3,(H,25,28). The van der Waals surface area contributed by atoms with Gasteiger partial charge in [0.25, 0.3) is 5.91 Å². The van der Waals surface area contributed by atoms with Gasteiger partial charge in [-0.15, -0.1) is 0 Å². The highest BCUT2D eigenvalue weighted by Gasteiger charge is 2.15. The third-order valence-corrected chi connectivity index (χ3v) is 4.96. The Kier molecular flexibility index (Phi) is 13.3. The van der Waals surface area contributed by atoms with Crippen molar-refractivity contribution in [2.75, 3.05) is 39.3 Å². The molecule has 0 spiro atoms. The topological polar surface area (TPSA) is 109 Å². The van der Waals surface area contributed by atoms with Gasteiger partial charge in [-0.25, -0.2) is 0 Å². The number of carbonyl (C=O) groups excluding carboxylic acids is 4. The summed E-state index contributed by atoms with van der Waals surface area (Å²) in [6.07, 6.45) is 5.18. The van der Waals surface area contributed by atoms with Crippen LogP contribution in [0.15, 0.2) is 24.5 Å². The van der Waals surface area contributed by atoms with Gasteiger partial charge in [0.05, 0.1) is 6.42 Å². The van der Waals surface area contributed by atoms with Crippen LogP contribution in [0.4, 0.5) is 0 Å². The van der Waals surface area contributed by atoms with E-state index in [0.717, 1.165) is 18.4 Å². The number of amides is 3. The van der Waals surface area contributed by atoms with Gasteiger partial charge >= 0.3 is 5.97 Å². The van der Waals surface area contributed by atoms with E-state index < -0.39 is 5.97 Å². The molecule has 0 fully saturated rings. The number of carbonyl (C=O) groups is 4. The van der Waals surface area contributed by atoms with Gasteiger partial charge in [0.2, 0.25) is 11.8 Å². The van der Waals surface area contributed by atoms with Crippen LogP contribution in [0.2, 0.25) is 0 Å². The summed E-state index contributed by atoms with van der Waals surface area (Å²) in [4.78, 5) is 55.4. The van der Waals surface area contributed by atoms with Crippen LogP contribution in [-0.2, 0) is 30.3 Å². The molecule has 0 atom stereocenters. The lowest BCUT2D eigenvalue weighted by Gasteiger charge is -2.22. The molecule has 0 aliphatic carbocycles. The molecule has 1 aromatic heterocycles. The molecule has 178 valence electrons. The number of ether oxygens (including phenoxy) is 1. The summed E-state index contributed by atoms with van der Waals surface area (Å²) < 4.78 is 4.94. The van der Waals surface area contributed by atoms with Crippen molar-refractivity contribution in [3.63, 3.8) is 0 Å². The highest BCUT2D eigenvalue weighted by Crippen LogP contribution is 2.05. The highest BCUT2D eigenvalue weighted by molar-refractivity contribution is 5.84. The lowest BCUT2D eigenvalue weighted by molar-refractivity contribution is -0.151. The molecule has 0 aliphatic heterocycles. The van der Waals surface area contributed by atoms with Gasteiger partial charge in [-0.3, -0.25) is 24.2 Å². The fourth-order valence-corrected chi connectivity index (χ4v) is 3.10. The molecule has 1 rings (SSSR count). The minimum atomic E-state index is -0.549. The van der Waals surface area contributed by atoms with Crippen molar-refractivity contribution in [3.05, 3.63) is 30.1 Å². The second-order valence-corrected chi connectivity index (χ2v) is 7.31. The summed E-state index contributed by atoms with van der Waals surface area (Å²) in [6.45, 7) is 7.87. The predicted octanol–water partition coefficient (Wildman–Crippen LogP) is 1.56. The molecular formula is C23H36N4O5. The van der Waals surface area contributed by atoms with Gasteiger partial charge in [0.1, 0.15) is 0 Å². The van der Waals surface area contributed by atoms with E-state index in [1.165, 1.54) is 0 Å². The maximum absolute atomic E-state index is 12.5. The first-order valence-electron chi connectivity index (χ1n) is 11.3. The van der Waals surface area contributed by atoms with E-state index in [9.17, 15) is 19.2 Å². The number of likely N-dealkylation sites (N-methyl/N-ethyl adjacent to an activating group) is 1. The van der Waals surface area contributed by atoms with Crippen molar-refractivity contribution in [3.8, 4) is 0 Å². The van der Waals surface area contributed by atoms with Gasteiger partial charge in [-0.05, 0) is 44.4 Å². The van der Waals surface area contributed by atoms with E-state index in [2.05, 4.69) is 10.3 Å². The van der Waals surface area contributed by atoms with Crippen molar-refractivity contribution in [1.82, 2.24) is 20.1 Å². The van der Waals surface area contributed by atoms with Crippen molar-refractivity contribution in [1.29, 1.82) is 0 Å². The van der Waals surface area contributed by atoms with Crippen LogP contribution in [0.5, 0.6) is 0 Å². The first-order valence-corrected chi connectivity index (χ1v) is 11.3.